The van der Waals surface area contributed by atoms with Crippen LogP contribution in [0.25, 0.3) is 0 Å². The van der Waals surface area contributed by atoms with Gasteiger partial charge in [-0.3, -0.25) is 5.10 Å². The molecular formula is C12H21N3O3S. The first-order valence-electron chi connectivity index (χ1n) is 6.46. The number of nitrogens with one attached hydrogen (secondary N) is 1. The van der Waals surface area contributed by atoms with Crippen molar-refractivity contribution in [2.24, 2.45) is 0 Å². The SMILES string of the molecule is Cc1n[nH]c(C)c1S(=O)(=O)N(C)CC1(O)CCCC1. The molecule has 0 spiro atoms. The normalized spacial score (nSPS) is 19.2. The highest BCUT2D eigenvalue weighted by molar-refractivity contribution is 7.89. The number of hydrogen-bond acceptors (Lipinski definition) is 4. The van der Waals surface area contributed by atoms with E-state index in [2.05, 4.69) is 10.2 Å². The summed E-state index contributed by atoms with van der Waals surface area (Å²) in [6, 6.07) is 0. The van der Waals surface area contributed by atoms with E-state index in [0.717, 1.165) is 12.8 Å². The van der Waals surface area contributed by atoms with Crippen molar-refractivity contribution in [1.29, 1.82) is 0 Å². The zero-order valence-corrected chi connectivity index (χ0v) is 12.4. The predicted octanol–water partition coefficient (Wildman–Crippen LogP) is 0.952. The van der Waals surface area contributed by atoms with Crippen molar-refractivity contribution in [2.45, 2.75) is 50.0 Å². The van der Waals surface area contributed by atoms with E-state index >= 15 is 0 Å². The third-order valence-electron chi connectivity index (χ3n) is 3.78. The molecule has 2 N–H and O–H groups in total. The van der Waals surface area contributed by atoms with Crippen molar-refractivity contribution in [3.8, 4) is 0 Å². The maximum absolute atomic E-state index is 12.5. The third kappa shape index (κ3) is 2.68. The van der Waals surface area contributed by atoms with Crippen molar-refractivity contribution >= 4 is 10.0 Å². The van der Waals surface area contributed by atoms with Crippen molar-refractivity contribution in [3.05, 3.63) is 11.4 Å². The van der Waals surface area contributed by atoms with E-state index in [-0.39, 0.29) is 11.4 Å². The molecule has 0 unspecified atom stereocenters. The predicted molar refractivity (Wildman–Crippen MR) is 71.3 cm³/mol. The summed E-state index contributed by atoms with van der Waals surface area (Å²) >= 11 is 0. The van der Waals surface area contributed by atoms with Crippen LogP contribution < -0.4 is 0 Å². The van der Waals surface area contributed by atoms with E-state index in [1.807, 2.05) is 0 Å². The highest BCUT2D eigenvalue weighted by Gasteiger charge is 2.37. The molecule has 6 nitrogen and oxygen atoms in total. The van der Waals surface area contributed by atoms with Crippen LogP contribution in [0.3, 0.4) is 0 Å². The summed E-state index contributed by atoms with van der Waals surface area (Å²) in [6.07, 6.45) is 3.23. The average molecular weight is 287 g/mol. The van der Waals surface area contributed by atoms with Crippen LogP contribution in [0.2, 0.25) is 0 Å². The minimum Gasteiger partial charge on any atom is -0.389 e. The number of sulfonamides is 1. The fraction of sp³-hybridized carbons (Fsp3) is 0.750. The Morgan fingerprint density at radius 2 is 1.95 bits per heavy atom. The van der Waals surface area contributed by atoms with Gasteiger partial charge in [0.15, 0.2) is 0 Å². The van der Waals surface area contributed by atoms with Crippen LogP contribution in [0.4, 0.5) is 0 Å². The smallest absolute Gasteiger partial charge is 0.246 e. The molecule has 0 bridgehead atoms. The molecule has 7 heteroatoms. The number of hydrogen-bond donors (Lipinski definition) is 2. The van der Waals surface area contributed by atoms with Crippen LogP contribution in [0.15, 0.2) is 4.90 Å². The first-order valence-corrected chi connectivity index (χ1v) is 7.91. The fourth-order valence-electron chi connectivity index (χ4n) is 2.77. The van der Waals surface area contributed by atoms with Gasteiger partial charge in [-0.25, -0.2) is 8.42 Å². The van der Waals surface area contributed by atoms with Crippen LogP contribution >= 0.6 is 0 Å². The largest absolute Gasteiger partial charge is 0.389 e. The quantitative estimate of drug-likeness (QED) is 0.863. The van der Waals surface area contributed by atoms with E-state index in [4.69, 9.17) is 0 Å². The minimum atomic E-state index is -3.60. The lowest BCUT2D eigenvalue weighted by molar-refractivity contribution is 0.0333. The summed E-state index contributed by atoms with van der Waals surface area (Å²) < 4.78 is 26.3. The summed E-state index contributed by atoms with van der Waals surface area (Å²) in [5.74, 6) is 0. The first-order chi connectivity index (χ1) is 8.76. The molecule has 1 aromatic heterocycles. The van der Waals surface area contributed by atoms with Gasteiger partial charge < -0.3 is 5.11 Å². The highest BCUT2D eigenvalue weighted by Crippen LogP contribution is 2.31. The number of aromatic nitrogens is 2. The zero-order valence-electron chi connectivity index (χ0n) is 11.6. The fourth-order valence-corrected chi connectivity index (χ4v) is 4.34. The summed E-state index contributed by atoms with van der Waals surface area (Å²) in [5.41, 5.74) is 0.110. The van der Waals surface area contributed by atoms with Crippen molar-refractivity contribution < 1.29 is 13.5 Å². The lowest BCUT2D eigenvalue weighted by Gasteiger charge is -2.28. The van der Waals surface area contributed by atoms with Gasteiger partial charge in [0.2, 0.25) is 10.0 Å². The topological polar surface area (TPSA) is 86.3 Å². The van der Waals surface area contributed by atoms with Crippen LogP contribution in [0, 0.1) is 13.8 Å². The number of aryl methyl sites for hydroxylation is 2. The van der Waals surface area contributed by atoms with Gasteiger partial charge in [0.1, 0.15) is 4.90 Å². The molecule has 0 atom stereocenters. The Hall–Kier alpha value is -0.920. The van der Waals surface area contributed by atoms with E-state index < -0.39 is 15.6 Å². The van der Waals surface area contributed by atoms with Crippen molar-refractivity contribution in [1.82, 2.24) is 14.5 Å². The van der Waals surface area contributed by atoms with Crippen LogP contribution in [0.1, 0.15) is 37.1 Å². The second-order valence-corrected chi connectivity index (χ2v) is 7.44. The first kappa shape index (κ1) is 14.5. The molecule has 19 heavy (non-hydrogen) atoms. The van der Waals surface area contributed by atoms with Gasteiger partial charge in [-0.1, -0.05) is 12.8 Å². The van der Waals surface area contributed by atoms with Gasteiger partial charge >= 0.3 is 0 Å². The lowest BCUT2D eigenvalue weighted by Crippen LogP contribution is -2.42. The molecule has 0 aromatic carbocycles. The van der Waals surface area contributed by atoms with E-state index in [0.29, 0.717) is 24.2 Å². The number of nitrogens with zero attached hydrogens (tertiary/aromatic N) is 2. The molecule has 1 saturated carbocycles. The second kappa shape index (κ2) is 4.88. The Bertz CT molecular complexity index is 539. The molecule has 1 fully saturated rings. The van der Waals surface area contributed by atoms with Gasteiger partial charge in [-0.15, -0.1) is 0 Å². The van der Waals surface area contributed by atoms with Crippen LogP contribution in [-0.2, 0) is 10.0 Å². The Labute approximate surface area is 113 Å². The van der Waals surface area contributed by atoms with E-state index in [1.54, 1.807) is 13.8 Å². The van der Waals surface area contributed by atoms with Crippen LogP contribution in [0.5, 0.6) is 0 Å². The maximum atomic E-state index is 12.5. The Morgan fingerprint density at radius 1 is 1.37 bits per heavy atom. The van der Waals surface area contributed by atoms with Gasteiger partial charge in [0.25, 0.3) is 0 Å². The molecule has 0 aliphatic heterocycles. The van der Waals surface area contributed by atoms with Gasteiger partial charge in [-0.2, -0.15) is 9.40 Å². The molecule has 1 aromatic rings. The lowest BCUT2D eigenvalue weighted by atomic mass is 10.0. The van der Waals surface area contributed by atoms with Gasteiger partial charge in [0.05, 0.1) is 17.0 Å². The molecule has 1 aliphatic carbocycles. The van der Waals surface area contributed by atoms with E-state index in [1.165, 1.54) is 11.4 Å². The van der Waals surface area contributed by atoms with Crippen LogP contribution in [-0.4, -0.2) is 47.2 Å². The Kier molecular flexibility index (Phi) is 3.72. The number of likely N-dealkylation sites (N-methyl/N-ethyl adjacent to an activating group) is 1. The summed E-state index contributed by atoms with van der Waals surface area (Å²) in [6.45, 7) is 3.49. The van der Waals surface area contributed by atoms with Gasteiger partial charge in [-0.05, 0) is 26.7 Å². The van der Waals surface area contributed by atoms with Gasteiger partial charge in [0, 0.05) is 13.6 Å². The molecule has 1 heterocycles. The molecule has 1 aliphatic rings. The van der Waals surface area contributed by atoms with E-state index in [9.17, 15) is 13.5 Å². The standard InChI is InChI=1S/C12H21N3O3S/c1-9-11(10(2)14-13-9)19(17,18)15(3)8-12(16)6-4-5-7-12/h16H,4-8H2,1-3H3,(H,13,14). The number of H-pyrrole nitrogens is 1. The monoisotopic (exact) mass is 287 g/mol. The molecule has 0 amide bonds. The Balaban J connectivity index is 2.25. The number of rotatable bonds is 4. The molecule has 108 valence electrons. The maximum Gasteiger partial charge on any atom is 0.246 e. The highest BCUT2D eigenvalue weighted by atomic mass is 32.2. The summed E-state index contributed by atoms with van der Waals surface area (Å²) in [5, 5.41) is 16.9. The number of aromatic amines is 1. The zero-order chi connectivity index (χ0) is 14.3. The third-order valence-corrected chi connectivity index (χ3v) is 5.85. The average Bonchev–Trinajstić information content (AvgIpc) is 2.86. The molecule has 0 radical (unpaired) electrons. The molecule has 0 saturated heterocycles. The Morgan fingerprint density at radius 3 is 2.42 bits per heavy atom. The summed E-state index contributed by atoms with van der Waals surface area (Å²) in [7, 11) is -2.09. The van der Waals surface area contributed by atoms with Crippen molar-refractivity contribution in [3.63, 3.8) is 0 Å². The van der Waals surface area contributed by atoms with Crippen molar-refractivity contribution in [2.75, 3.05) is 13.6 Å². The second-order valence-electron chi connectivity index (χ2n) is 5.46. The minimum absolute atomic E-state index is 0.138. The molecular weight excluding hydrogens is 266 g/mol. The summed E-state index contributed by atoms with van der Waals surface area (Å²) in [4.78, 5) is 0.219. The molecule has 2 rings (SSSR count). The number of aliphatic hydroxyl groups is 1.